The van der Waals surface area contributed by atoms with Crippen molar-refractivity contribution in [2.24, 2.45) is 0 Å². The summed E-state index contributed by atoms with van der Waals surface area (Å²) in [6, 6.07) is 3.90. The Balaban J connectivity index is 1.73. The van der Waals surface area contributed by atoms with Gasteiger partial charge in [0.1, 0.15) is 11.6 Å². The van der Waals surface area contributed by atoms with Crippen LogP contribution in [0.3, 0.4) is 0 Å². The van der Waals surface area contributed by atoms with Crippen LogP contribution < -0.4 is 5.32 Å². The molecule has 1 saturated heterocycles. The van der Waals surface area contributed by atoms with E-state index in [2.05, 4.69) is 10.2 Å². The van der Waals surface area contributed by atoms with E-state index in [9.17, 15) is 13.9 Å². The number of rotatable bonds is 6. The maximum atomic E-state index is 13.4. The van der Waals surface area contributed by atoms with Crippen molar-refractivity contribution in [2.45, 2.75) is 31.8 Å². The molecular formula is C15H22F2N2O. The summed E-state index contributed by atoms with van der Waals surface area (Å²) in [5.41, 5.74) is 0.476. The van der Waals surface area contributed by atoms with Gasteiger partial charge in [0, 0.05) is 37.3 Å². The Morgan fingerprint density at radius 2 is 2.15 bits per heavy atom. The number of likely N-dealkylation sites (tertiary alicyclic amines) is 1. The predicted octanol–water partition coefficient (Wildman–Crippen LogP) is 1.90. The van der Waals surface area contributed by atoms with Crippen molar-refractivity contribution in [3.63, 3.8) is 0 Å². The van der Waals surface area contributed by atoms with Crippen molar-refractivity contribution in [2.75, 3.05) is 26.2 Å². The Kier molecular flexibility index (Phi) is 5.88. The summed E-state index contributed by atoms with van der Waals surface area (Å²) < 4.78 is 26.2. The van der Waals surface area contributed by atoms with Gasteiger partial charge in [-0.25, -0.2) is 8.78 Å². The fraction of sp³-hybridized carbons (Fsp3) is 0.600. The van der Waals surface area contributed by atoms with E-state index < -0.39 is 11.6 Å². The van der Waals surface area contributed by atoms with Crippen LogP contribution in [-0.2, 0) is 6.54 Å². The molecule has 1 aliphatic heterocycles. The van der Waals surface area contributed by atoms with E-state index in [0.29, 0.717) is 12.1 Å². The fourth-order valence-electron chi connectivity index (χ4n) is 2.67. The predicted molar refractivity (Wildman–Crippen MR) is 74.4 cm³/mol. The molecule has 0 saturated carbocycles. The van der Waals surface area contributed by atoms with Crippen LogP contribution >= 0.6 is 0 Å². The Bertz CT molecular complexity index is 428. The van der Waals surface area contributed by atoms with E-state index in [4.69, 9.17) is 0 Å². The van der Waals surface area contributed by atoms with E-state index in [0.717, 1.165) is 32.1 Å². The second-order valence-corrected chi connectivity index (χ2v) is 5.28. The highest BCUT2D eigenvalue weighted by Gasteiger charge is 2.20. The lowest BCUT2D eigenvalue weighted by Crippen LogP contribution is -2.44. The quantitative estimate of drug-likeness (QED) is 0.783. The second-order valence-electron chi connectivity index (χ2n) is 5.28. The number of nitrogens with one attached hydrogen (secondary N) is 1. The molecular weight excluding hydrogens is 262 g/mol. The molecule has 1 aromatic rings. The highest BCUT2D eigenvalue weighted by molar-refractivity contribution is 5.18. The molecule has 0 bridgehead atoms. The molecule has 2 rings (SSSR count). The molecule has 0 spiro atoms. The van der Waals surface area contributed by atoms with Crippen LogP contribution in [0.5, 0.6) is 0 Å². The number of hydrogen-bond donors (Lipinski definition) is 2. The van der Waals surface area contributed by atoms with Crippen LogP contribution in [0.2, 0.25) is 0 Å². The minimum absolute atomic E-state index is 0.201. The first kappa shape index (κ1) is 15.4. The van der Waals surface area contributed by atoms with Crippen LogP contribution in [0.1, 0.15) is 24.8 Å². The van der Waals surface area contributed by atoms with Gasteiger partial charge in [0.25, 0.3) is 0 Å². The summed E-state index contributed by atoms with van der Waals surface area (Å²) in [5, 5.41) is 12.5. The first-order valence-corrected chi connectivity index (χ1v) is 7.20. The Morgan fingerprint density at radius 3 is 2.90 bits per heavy atom. The highest BCUT2D eigenvalue weighted by atomic mass is 19.1. The summed E-state index contributed by atoms with van der Waals surface area (Å²) >= 11 is 0. The third-order valence-corrected chi connectivity index (χ3v) is 3.87. The number of aliphatic hydroxyl groups is 1. The zero-order valence-corrected chi connectivity index (χ0v) is 11.6. The fourth-order valence-corrected chi connectivity index (χ4v) is 2.67. The third-order valence-electron chi connectivity index (χ3n) is 3.87. The smallest absolute Gasteiger partial charge is 0.130 e. The van der Waals surface area contributed by atoms with Crippen LogP contribution in [-0.4, -0.2) is 42.3 Å². The average molecular weight is 284 g/mol. The molecule has 1 atom stereocenters. The molecule has 5 heteroatoms. The molecule has 1 aromatic carbocycles. The zero-order chi connectivity index (χ0) is 14.4. The molecule has 0 amide bonds. The van der Waals surface area contributed by atoms with Gasteiger partial charge in [-0.2, -0.15) is 0 Å². The van der Waals surface area contributed by atoms with Crippen molar-refractivity contribution in [1.29, 1.82) is 0 Å². The van der Waals surface area contributed by atoms with Crippen molar-refractivity contribution in [3.05, 3.63) is 35.4 Å². The largest absolute Gasteiger partial charge is 0.395 e. The molecule has 0 aromatic heterocycles. The minimum Gasteiger partial charge on any atom is -0.395 e. The van der Waals surface area contributed by atoms with Crippen molar-refractivity contribution in [3.8, 4) is 0 Å². The van der Waals surface area contributed by atoms with Gasteiger partial charge in [0.2, 0.25) is 0 Å². The number of hydrogen-bond acceptors (Lipinski definition) is 3. The second kappa shape index (κ2) is 7.67. The van der Waals surface area contributed by atoms with Gasteiger partial charge in [-0.3, -0.25) is 4.90 Å². The van der Waals surface area contributed by atoms with Gasteiger partial charge < -0.3 is 10.4 Å². The lowest BCUT2D eigenvalue weighted by atomic mass is 10.0. The van der Waals surface area contributed by atoms with Crippen LogP contribution in [0.15, 0.2) is 18.2 Å². The molecule has 0 radical (unpaired) electrons. The highest BCUT2D eigenvalue weighted by Crippen LogP contribution is 2.15. The van der Waals surface area contributed by atoms with Crippen LogP contribution in [0, 0.1) is 11.6 Å². The lowest BCUT2D eigenvalue weighted by molar-refractivity contribution is 0.0910. The Hall–Kier alpha value is -1.04. The molecule has 112 valence electrons. The molecule has 0 aliphatic carbocycles. The lowest BCUT2D eigenvalue weighted by Gasteiger charge is -2.34. The summed E-state index contributed by atoms with van der Waals surface area (Å²) in [7, 11) is 0. The van der Waals surface area contributed by atoms with E-state index >= 15 is 0 Å². The SMILES string of the molecule is OCC1CCCCN1CCNCc1ccc(F)cc1F. The molecule has 1 heterocycles. The number of nitrogens with zero attached hydrogens (tertiary/aromatic N) is 1. The summed E-state index contributed by atoms with van der Waals surface area (Å²) in [4.78, 5) is 2.28. The van der Waals surface area contributed by atoms with Gasteiger partial charge in [-0.05, 0) is 25.5 Å². The third kappa shape index (κ3) is 4.23. The summed E-state index contributed by atoms with van der Waals surface area (Å²) in [6.45, 7) is 3.18. The molecule has 1 unspecified atom stereocenters. The average Bonchev–Trinajstić information content (AvgIpc) is 2.46. The standard InChI is InChI=1S/C15H22F2N2O/c16-13-5-4-12(15(17)9-13)10-18-6-8-19-7-2-1-3-14(19)11-20/h4-5,9,14,18,20H,1-3,6-8,10-11H2. The molecule has 20 heavy (non-hydrogen) atoms. The Morgan fingerprint density at radius 1 is 1.30 bits per heavy atom. The van der Waals surface area contributed by atoms with E-state index in [1.165, 1.54) is 25.0 Å². The molecule has 3 nitrogen and oxygen atoms in total. The van der Waals surface area contributed by atoms with Crippen LogP contribution in [0.25, 0.3) is 0 Å². The van der Waals surface area contributed by atoms with E-state index in [1.54, 1.807) is 0 Å². The zero-order valence-electron chi connectivity index (χ0n) is 11.6. The van der Waals surface area contributed by atoms with E-state index in [-0.39, 0.29) is 12.6 Å². The van der Waals surface area contributed by atoms with Crippen molar-refractivity contribution < 1.29 is 13.9 Å². The summed E-state index contributed by atoms with van der Waals surface area (Å²) in [6.07, 6.45) is 3.39. The van der Waals surface area contributed by atoms with Gasteiger partial charge in [-0.1, -0.05) is 12.5 Å². The number of halogens is 2. The minimum atomic E-state index is -0.551. The van der Waals surface area contributed by atoms with Gasteiger partial charge in [0.05, 0.1) is 6.61 Å². The van der Waals surface area contributed by atoms with Gasteiger partial charge in [0.15, 0.2) is 0 Å². The number of aliphatic hydroxyl groups excluding tert-OH is 1. The maximum absolute atomic E-state index is 13.4. The number of benzene rings is 1. The van der Waals surface area contributed by atoms with Crippen molar-refractivity contribution in [1.82, 2.24) is 10.2 Å². The van der Waals surface area contributed by atoms with Crippen molar-refractivity contribution >= 4 is 0 Å². The van der Waals surface area contributed by atoms with Crippen LogP contribution in [0.4, 0.5) is 8.78 Å². The molecule has 1 aliphatic rings. The van der Waals surface area contributed by atoms with Gasteiger partial charge >= 0.3 is 0 Å². The first-order chi connectivity index (χ1) is 9.70. The Labute approximate surface area is 118 Å². The maximum Gasteiger partial charge on any atom is 0.130 e. The normalized spacial score (nSPS) is 20.2. The summed E-state index contributed by atoms with van der Waals surface area (Å²) in [5.74, 6) is -1.06. The number of piperidine rings is 1. The molecule has 2 N–H and O–H groups in total. The van der Waals surface area contributed by atoms with E-state index in [1.807, 2.05) is 0 Å². The first-order valence-electron chi connectivity index (χ1n) is 7.20. The monoisotopic (exact) mass is 284 g/mol. The molecule has 1 fully saturated rings. The topological polar surface area (TPSA) is 35.5 Å². The van der Waals surface area contributed by atoms with Gasteiger partial charge in [-0.15, -0.1) is 0 Å².